The third-order valence-electron chi connectivity index (χ3n) is 13.0. The fourth-order valence-corrected chi connectivity index (χ4v) is 9.37. The quantitative estimate of drug-likeness (QED) is 0.0962. The molecule has 0 bridgehead atoms. The van der Waals surface area contributed by atoms with Gasteiger partial charge in [-0.05, 0) is 206 Å². The van der Waals surface area contributed by atoms with Crippen molar-refractivity contribution < 1.29 is 18.9 Å². The molecule has 7 nitrogen and oxygen atoms in total. The molecule has 0 aliphatic rings. The van der Waals surface area contributed by atoms with E-state index in [1.165, 1.54) is 22.5 Å². The molecule has 0 amide bonds. The summed E-state index contributed by atoms with van der Waals surface area (Å²) in [6.45, 7) is 4.44. The zero-order chi connectivity index (χ0) is 50.2. The molecule has 0 saturated carbocycles. The van der Waals surface area contributed by atoms with Gasteiger partial charge in [0.05, 0.1) is 11.4 Å². The largest absolute Gasteiger partial charge is 0.457 e. The van der Waals surface area contributed by atoms with E-state index in [9.17, 15) is 0 Å². The van der Waals surface area contributed by atoms with E-state index in [0.29, 0.717) is 0 Å². The molecule has 0 atom stereocenters. The van der Waals surface area contributed by atoms with Crippen LogP contribution >= 0.6 is 0 Å². The molecular formula is C67H53N3O4. The van der Waals surface area contributed by atoms with Gasteiger partial charge in [0.1, 0.15) is 46.0 Å². The molecule has 0 aliphatic heterocycles. The van der Waals surface area contributed by atoms with Gasteiger partial charge >= 0.3 is 0 Å². The third-order valence-corrected chi connectivity index (χ3v) is 13.0. The van der Waals surface area contributed by atoms with Gasteiger partial charge in [-0.25, -0.2) is 0 Å². The van der Waals surface area contributed by atoms with Crippen LogP contribution in [0.25, 0.3) is 22.5 Å². The van der Waals surface area contributed by atoms with Gasteiger partial charge in [0.2, 0.25) is 0 Å². The van der Waals surface area contributed by atoms with Crippen molar-refractivity contribution in [3.8, 4) is 68.5 Å². The highest BCUT2D eigenvalue weighted by Gasteiger charge is 2.21. The number of hydrogen-bond donors (Lipinski definition) is 0. The van der Waals surface area contributed by atoms with E-state index in [-0.39, 0.29) is 0 Å². The van der Waals surface area contributed by atoms with Crippen molar-refractivity contribution in [2.75, 3.05) is 9.80 Å². The van der Waals surface area contributed by atoms with E-state index < -0.39 is 0 Å². The second-order valence-corrected chi connectivity index (χ2v) is 17.9. The van der Waals surface area contributed by atoms with Gasteiger partial charge in [0.15, 0.2) is 0 Å². The summed E-state index contributed by atoms with van der Waals surface area (Å²) in [5.74, 6) is 6.22. The number of hydrogen-bond acceptors (Lipinski definition) is 6. The van der Waals surface area contributed by atoms with Gasteiger partial charge in [-0.15, -0.1) is 0 Å². The maximum Gasteiger partial charge on any atom is 0.127 e. The second kappa shape index (κ2) is 21.3. The molecular weight excluding hydrogens is 911 g/mol. The Bertz CT molecular complexity index is 3160. The molecule has 360 valence electrons. The van der Waals surface area contributed by atoms with Crippen molar-refractivity contribution in [1.29, 1.82) is 0 Å². The Morgan fingerprint density at radius 3 is 0.649 bits per heavy atom. The average molecular weight is 964 g/mol. The topological polar surface area (TPSA) is 48.3 Å². The fourth-order valence-electron chi connectivity index (χ4n) is 9.37. The Kier molecular flexibility index (Phi) is 13.4. The summed E-state index contributed by atoms with van der Waals surface area (Å²) in [5.41, 5.74) is 13.1. The zero-order valence-electron chi connectivity index (χ0n) is 41.4. The van der Waals surface area contributed by atoms with Crippen LogP contribution in [-0.4, -0.2) is 4.57 Å². The number of aromatic nitrogens is 1. The summed E-state index contributed by atoms with van der Waals surface area (Å²) in [6.07, 6.45) is 0. The first-order valence-electron chi connectivity index (χ1n) is 24.7. The predicted octanol–water partition coefficient (Wildman–Crippen LogP) is 19.1. The Balaban J connectivity index is 0.883. The number of rotatable bonds is 16. The molecule has 1 aromatic heterocycles. The van der Waals surface area contributed by atoms with E-state index in [2.05, 4.69) is 132 Å². The molecule has 1 heterocycles. The van der Waals surface area contributed by atoms with Crippen LogP contribution in [0.1, 0.15) is 11.1 Å². The maximum atomic E-state index is 6.17. The van der Waals surface area contributed by atoms with Crippen molar-refractivity contribution in [3.05, 3.63) is 278 Å². The normalized spacial score (nSPS) is 10.9. The van der Waals surface area contributed by atoms with Crippen LogP contribution in [-0.2, 0) is 7.05 Å². The van der Waals surface area contributed by atoms with Crippen LogP contribution in [0.2, 0.25) is 0 Å². The van der Waals surface area contributed by atoms with E-state index in [1.54, 1.807) is 0 Å². The molecule has 0 radical (unpaired) electrons. The number of anilines is 6. The molecule has 0 fully saturated rings. The van der Waals surface area contributed by atoms with Crippen molar-refractivity contribution in [2.45, 2.75) is 13.8 Å². The highest BCUT2D eigenvalue weighted by Crippen LogP contribution is 2.43. The monoisotopic (exact) mass is 963 g/mol. The van der Waals surface area contributed by atoms with E-state index in [1.807, 2.05) is 170 Å². The van der Waals surface area contributed by atoms with Crippen LogP contribution in [0.5, 0.6) is 46.0 Å². The number of benzene rings is 10. The zero-order valence-corrected chi connectivity index (χ0v) is 41.4. The van der Waals surface area contributed by atoms with Gasteiger partial charge in [-0.1, -0.05) is 97.1 Å². The van der Waals surface area contributed by atoms with Crippen molar-refractivity contribution >= 4 is 34.1 Å². The first-order valence-corrected chi connectivity index (χ1v) is 24.7. The summed E-state index contributed by atoms with van der Waals surface area (Å²) in [5, 5.41) is 0. The summed E-state index contributed by atoms with van der Waals surface area (Å²) >= 11 is 0. The fraction of sp³-hybridized carbons (Fsp3) is 0.0448. The van der Waals surface area contributed by atoms with E-state index >= 15 is 0 Å². The van der Waals surface area contributed by atoms with E-state index in [0.717, 1.165) is 91.2 Å². The maximum absolute atomic E-state index is 6.17. The second-order valence-electron chi connectivity index (χ2n) is 17.9. The van der Waals surface area contributed by atoms with Crippen LogP contribution in [0, 0.1) is 13.8 Å². The minimum absolute atomic E-state index is 0.763. The number of ether oxygens (including phenoxy) is 4. The molecule has 0 saturated heterocycles. The lowest BCUT2D eigenvalue weighted by Gasteiger charge is -2.26. The first kappa shape index (κ1) is 46.7. The summed E-state index contributed by atoms with van der Waals surface area (Å²) in [7, 11) is 2.17. The van der Waals surface area contributed by atoms with Crippen LogP contribution in [0.3, 0.4) is 0 Å². The Morgan fingerprint density at radius 2 is 0.432 bits per heavy atom. The highest BCUT2D eigenvalue weighted by atomic mass is 16.5. The van der Waals surface area contributed by atoms with Crippen LogP contribution in [0.15, 0.2) is 267 Å². The summed E-state index contributed by atoms with van der Waals surface area (Å²) < 4.78 is 27.0. The Labute approximate surface area is 432 Å². The number of nitrogens with zero attached hydrogens (tertiary/aromatic N) is 3. The van der Waals surface area contributed by atoms with Crippen molar-refractivity contribution in [1.82, 2.24) is 4.57 Å². The molecule has 11 rings (SSSR count). The van der Waals surface area contributed by atoms with Gasteiger partial charge < -0.3 is 33.3 Å². The summed E-state index contributed by atoms with van der Waals surface area (Å²) in [4.78, 5) is 4.50. The minimum atomic E-state index is 0.763. The molecule has 7 heteroatoms. The standard InChI is InChI=1S/C67H53N3O4/c1-48-49(2)67(51-26-30-53(31-27-51)70(56-36-44-64(45-37-56)73-60-20-12-6-13-21-60)57-38-46-65(47-39-57)74-61-22-14-7-15-23-61)68(3)66(48)50-24-28-52(29-25-50)69(54-32-40-62(41-33-54)71-58-16-8-4-9-17-58)55-34-42-63(43-35-55)72-59-18-10-5-11-19-59/h4-47H,1-3H3. The van der Waals surface area contributed by atoms with Crippen molar-refractivity contribution in [2.24, 2.45) is 7.05 Å². The van der Waals surface area contributed by atoms with Gasteiger partial charge in [0, 0.05) is 41.2 Å². The summed E-state index contributed by atoms with van der Waals surface area (Å²) in [6, 6.07) is 89.9. The number of para-hydroxylation sites is 4. The van der Waals surface area contributed by atoms with Crippen LogP contribution in [0.4, 0.5) is 34.1 Å². The predicted molar refractivity (Wildman–Crippen MR) is 301 cm³/mol. The lowest BCUT2D eigenvalue weighted by Crippen LogP contribution is -2.10. The molecule has 0 N–H and O–H groups in total. The molecule has 0 spiro atoms. The first-order chi connectivity index (χ1) is 36.4. The Morgan fingerprint density at radius 1 is 0.243 bits per heavy atom. The van der Waals surface area contributed by atoms with Gasteiger partial charge in [-0.3, -0.25) is 0 Å². The smallest absolute Gasteiger partial charge is 0.127 e. The molecule has 10 aromatic carbocycles. The SMILES string of the molecule is Cc1c(C)c(-c2ccc(N(c3ccc(Oc4ccccc4)cc3)c3ccc(Oc4ccccc4)cc3)cc2)n(C)c1-c1ccc(N(c2ccc(Oc3ccccc3)cc2)c2ccc(Oc3ccccc3)cc2)cc1. The molecule has 74 heavy (non-hydrogen) atoms. The van der Waals surface area contributed by atoms with Gasteiger partial charge in [-0.2, -0.15) is 0 Å². The highest BCUT2D eigenvalue weighted by molar-refractivity contribution is 5.83. The molecule has 0 aliphatic carbocycles. The lowest BCUT2D eigenvalue weighted by atomic mass is 10.0. The average Bonchev–Trinajstić information content (AvgIpc) is 3.67. The lowest BCUT2D eigenvalue weighted by molar-refractivity contribution is 0.482. The van der Waals surface area contributed by atoms with Crippen LogP contribution < -0.4 is 28.7 Å². The molecule has 0 unspecified atom stereocenters. The minimum Gasteiger partial charge on any atom is -0.457 e. The Hall–Kier alpha value is -9.72. The third kappa shape index (κ3) is 10.4. The van der Waals surface area contributed by atoms with E-state index in [4.69, 9.17) is 18.9 Å². The van der Waals surface area contributed by atoms with Gasteiger partial charge in [0.25, 0.3) is 0 Å². The molecule has 11 aromatic rings. The van der Waals surface area contributed by atoms with Crippen molar-refractivity contribution in [3.63, 3.8) is 0 Å².